The second-order valence-electron chi connectivity index (χ2n) is 8.10. The van der Waals surface area contributed by atoms with E-state index >= 15 is 0 Å². The van der Waals surface area contributed by atoms with Crippen molar-refractivity contribution in [2.24, 2.45) is 23.7 Å². The molecule has 0 saturated heterocycles. The first-order valence-corrected chi connectivity index (χ1v) is 9.61. The maximum atomic E-state index is 11.2. The Morgan fingerprint density at radius 1 is 1.32 bits per heavy atom. The summed E-state index contributed by atoms with van der Waals surface area (Å²) < 4.78 is 5.28. The van der Waals surface area contributed by atoms with Crippen molar-refractivity contribution >= 4 is 5.97 Å². The van der Waals surface area contributed by atoms with Crippen molar-refractivity contribution in [3.8, 4) is 0 Å². The molecule has 0 aliphatic heterocycles. The molecule has 2 aliphatic rings. The Labute approximate surface area is 152 Å². The molecule has 1 N–H and O–H groups in total. The smallest absolute Gasteiger partial charge is 0.302 e. The van der Waals surface area contributed by atoms with Gasteiger partial charge in [-0.3, -0.25) is 4.79 Å². The van der Waals surface area contributed by atoms with E-state index in [2.05, 4.69) is 45.9 Å². The molecule has 0 radical (unpaired) electrons. The van der Waals surface area contributed by atoms with Gasteiger partial charge in [0.25, 0.3) is 0 Å². The average Bonchev–Trinajstić information content (AvgIpc) is 2.84. The number of aliphatic hydroxyl groups is 1. The number of ether oxygens (including phenoxy) is 1. The van der Waals surface area contributed by atoms with Gasteiger partial charge in [-0.05, 0) is 69.8 Å². The van der Waals surface area contributed by atoms with E-state index in [9.17, 15) is 9.90 Å². The van der Waals surface area contributed by atoms with E-state index in [0.717, 1.165) is 25.7 Å². The molecule has 3 nitrogen and oxygen atoms in total. The molecule has 0 saturated carbocycles. The van der Waals surface area contributed by atoms with Gasteiger partial charge in [0.05, 0.1) is 6.10 Å². The molecule has 0 aromatic rings. The van der Waals surface area contributed by atoms with Crippen LogP contribution in [-0.4, -0.2) is 23.8 Å². The third kappa shape index (κ3) is 5.07. The number of hydrogen-bond acceptors (Lipinski definition) is 3. The predicted molar refractivity (Wildman–Crippen MR) is 102 cm³/mol. The van der Waals surface area contributed by atoms with Gasteiger partial charge in [0.1, 0.15) is 6.61 Å². The van der Waals surface area contributed by atoms with Gasteiger partial charge in [-0.2, -0.15) is 0 Å². The summed E-state index contributed by atoms with van der Waals surface area (Å²) >= 11 is 0. The van der Waals surface area contributed by atoms with Gasteiger partial charge in [-0.1, -0.05) is 36.3 Å². The lowest BCUT2D eigenvalue weighted by molar-refractivity contribution is -0.140. The highest BCUT2D eigenvalue weighted by atomic mass is 16.5. The first-order valence-electron chi connectivity index (χ1n) is 9.61. The molecule has 2 rings (SSSR count). The topological polar surface area (TPSA) is 46.5 Å². The van der Waals surface area contributed by atoms with Crippen molar-refractivity contribution in [1.29, 1.82) is 0 Å². The van der Waals surface area contributed by atoms with Crippen molar-refractivity contribution in [3.63, 3.8) is 0 Å². The molecule has 1 unspecified atom stereocenters. The van der Waals surface area contributed by atoms with Crippen molar-refractivity contribution < 1.29 is 14.6 Å². The summed E-state index contributed by atoms with van der Waals surface area (Å²) in [4.78, 5) is 11.2. The summed E-state index contributed by atoms with van der Waals surface area (Å²) in [6.07, 6.45) is 10.4. The molecule has 0 spiro atoms. The van der Waals surface area contributed by atoms with Gasteiger partial charge in [-0.15, -0.1) is 0 Å². The van der Waals surface area contributed by atoms with Crippen LogP contribution in [0.5, 0.6) is 0 Å². The van der Waals surface area contributed by atoms with E-state index in [1.807, 2.05) is 0 Å². The second-order valence-corrected chi connectivity index (χ2v) is 8.10. The van der Waals surface area contributed by atoms with Crippen molar-refractivity contribution in [3.05, 3.63) is 34.9 Å². The van der Waals surface area contributed by atoms with Gasteiger partial charge in [-0.25, -0.2) is 0 Å². The van der Waals surface area contributed by atoms with E-state index < -0.39 is 0 Å². The zero-order valence-electron chi connectivity index (χ0n) is 16.4. The van der Waals surface area contributed by atoms with E-state index in [1.165, 1.54) is 23.6 Å². The minimum atomic E-state index is -0.323. The number of fused-ring (bicyclic) bond motifs is 1. The molecular formula is C22H34O3. The fraction of sp³-hybridized carbons (Fsp3) is 0.682. The Balaban J connectivity index is 2.15. The number of allylic oxidation sites excluding steroid dienone is 4. The largest absolute Gasteiger partial charge is 0.461 e. The molecule has 0 heterocycles. The van der Waals surface area contributed by atoms with Gasteiger partial charge >= 0.3 is 5.97 Å². The Bertz CT molecular complexity index is 566. The number of carbonyl (C=O) groups is 1. The number of rotatable bonds is 6. The lowest BCUT2D eigenvalue weighted by atomic mass is 9.75. The van der Waals surface area contributed by atoms with Gasteiger partial charge in [0.15, 0.2) is 0 Å². The number of aliphatic hydroxyl groups excluding tert-OH is 1. The zero-order chi connectivity index (χ0) is 18.6. The molecule has 0 aromatic heterocycles. The Morgan fingerprint density at radius 2 is 2.04 bits per heavy atom. The Morgan fingerprint density at radius 3 is 2.68 bits per heavy atom. The second kappa shape index (κ2) is 8.84. The summed E-state index contributed by atoms with van der Waals surface area (Å²) in [7, 11) is 0. The summed E-state index contributed by atoms with van der Waals surface area (Å²) in [6.45, 7) is 10.5. The van der Waals surface area contributed by atoms with Crippen molar-refractivity contribution in [2.45, 2.75) is 66.4 Å². The van der Waals surface area contributed by atoms with Crippen LogP contribution in [0.3, 0.4) is 0 Å². The summed E-state index contributed by atoms with van der Waals surface area (Å²) in [6, 6.07) is 0. The van der Waals surface area contributed by atoms with Crippen LogP contribution in [0.1, 0.15) is 60.3 Å². The number of esters is 1. The molecule has 0 aromatic carbocycles. The standard InChI is InChI=1S/C22H34O3/c1-14(2)7-6-8-15(3)19-12-10-18(13-25-17(5)23)20-11-9-16(4)21(20)22(19)24/h7,9-10,15,19-22,24H,6,8,11-13H2,1-5H3/t15?,19-,20-,21+,22+/m0/s1. The zero-order valence-corrected chi connectivity index (χ0v) is 16.4. The molecule has 3 heteroatoms. The van der Waals surface area contributed by atoms with Crippen LogP contribution < -0.4 is 0 Å². The highest BCUT2D eigenvalue weighted by Gasteiger charge is 2.42. The van der Waals surface area contributed by atoms with Crippen LogP contribution in [0.25, 0.3) is 0 Å². The van der Waals surface area contributed by atoms with E-state index in [4.69, 9.17) is 4.74 Å². The highest BCUT2D eigenvalue weighted by Crippen LogP contribution is 2.45. The van der Waals surface area contributed by atoms with Crippen molar-refractivity contribution in [1.82, 2.24) is 0 Å². The van der Waals surface area contributed by atoms with Crippen LogP contribution in [0.15, 0.2) is 34.9 Å². The van der Waals surface area contributed by atoms with E-state index in [0.29, 0.717) is 12.5 Å². The predicted octanol–water partition coefficient (Wildman–Crippen LogP) is 4.82. The first kappa shape index (κ1) is 20.0. The molecule has 0 amide bonds. The van der Waals surface area contributed by atoms with E-state index in [-0.39, 0.29) is 29.8 Å². The number of carbonyl (C=O) groups excluding carboxylic acids is 1. The minimum Gasteiger partial charge on any atom is -0.461 e. The molecular weight excluding hydrogens is 312 g/mol. The molecule has 25 heavy (non-hydrogen) atoms. The van der Waals surface area contributed by atoms with Crippen LogP contribution >= 0.6 is 0 Å². The molecule has 5 atom stereocenters. The van der Waals surface area contributed by atoms with Gasteiger partial charge in [0, 0.05) is 12.8 Å². The highest BCUT2D eigenvalue weighted by molar-refractivity contribution is 5.66. The van der Waals surface area contributed by atoms with Crippen molar-refractivity contribution in [2.75, 3.05) is 6.61 Å². The first-order chi connectivity index (χ1) is 11.8. The van der Waals surface area contributed by atoms with Crippen LogP contribution in [0, 0.1) is 23.7 Å². The van der Waals surface area contributed by atoms with Gasteiger partial charge in [0.2, 0.25) is 0 Å². The maximum absolute atomic E-state index is 11.2. The third-order valence-corrected chi connectivity index (χ3v) is 5.94. The van der Waals surface area contributed by atoms with Gasteiger partial charge < -0.3 is 9.84 Å². The molecule has 140 valence electrons. The van der Waals surface area contributed by atoms with Crippen LogP contribution in [-0.2, 0) is 9.53 Å². The number of hydrogen-bond donors (Lipinski definition) is 1. The molecule has 0 bridgehead atoms. The lowest BCUT2D eigenvalue weighted by Crippen LogP contribution is -2.35. The average molecular weight is 347 g/mol. The SMILES string of the molecule is CC(=O)OCC1=CC[C@@H](C(C)CCC=C(C)C)[C@@H](O)[C@@H]2C(C)=CC[C@@H]12. The summed E-state index contributed by atoms with van der Waals surface area (Å²) in [5, 5.41) is 11.2. The van der Waals surface area contributed by atoms with E-state index in [1.54, 1.807) is 0 Å². The fourth-order valence-electron chi connectivity index (χ4n) is 4.42. The quantitative estimate of drug-likeness (QED) is 0.554. The lowest BCUT2D eigenvalue weighted by Gasteiger charge is -2.33. The Hall–Kier alpha value is -1.35. The summed E-state index contributed by atoms with van der Waals surface area (Å²) in [5.41, 5.74) is 3.83. The fourth-order valence-corrected chi connectivity index (χ4v) is 4.42. The maximum Gasteiger partial charge on any atom is 0.302 e. The monoisotopic (exact) mass is 346 g/mol. The Kier molecular flexibility index (Phi) is 7.06. The third-order valence-electron chi connectivity index (χ3n) is 5.94. The van der Waals surface area contributed by atoms with Crippen LogP contribution in [0.4, 0.5) is 0 Å². The minimum absolute atomic E-state index is 0.167. The normalized spacial score (nSPS) is 29.8. The summed E-state index contributed by atoms with van der Waals surface area (Å²) in [5.74, 6) is 0.930. The van der Waals surface area contributed by atoms with Crippen LogP contribution in [0.2, 0.25) is 0 Å². The molecule has 2 aliphatic carbocycles. The molecule has 0 fully saturated rings.